The van der Waals surface area contributed by atoms with E-state index >= 15 is 0 Å². The predicted molar refractivity (Wildman–Crippen MR) is 87.3 cm³/mol. The van der Waals surface area contributed by atoms with Gasteiger partial charge in [-0.25, -0.2) is 0 Å². The lowest BCUT2D eigenvalue weighted by atomic mass is 11.7. The lowest BCUT2D eigenvalue weighted by Crippen LogP contribution is -2.57. The average molecular weight is 343 g/mol. The van der Waals surface area contributed by atoms with Gasteiger partial charge in [0, 0.05) is 7.11 Å². The summed E-state index contributed by atoms with van der Waals surface area (Å²) in [5.41, 5.74) is 0. The van der Waals surface area contributed by atoms with Crippen LogP contribution in [0.2, 0.25) is 52.4 Å². The fourth-order valence-corrected chi connectivity index (χ4v) is 18.4. The summed E-state index contributed by atoms with van der Waals surface area (Å²) in [5, 5.41) is 9.35. The molecule has 0 spiro atoms. The molecule has 0 bridgehead atoms. The Hall–Kier alpha value is 0.668. The first kappa shape index (κ1) is 19.7. The van der Waals surface area contributed by atoms with E-state index in [1.165, 1.54) is 0 Å². The van der Waals surface area contributed by atoms with Crippen molar-refractivity contribution in [3.05, 3.63) is 0 Å². The molecule has 0 heterocycles. The molecule has 19 heavy (non-hydrogen) atoms. The molecular weight excluding hydrogens is 312 g/mol. The maximum Gasteiger partial charge on any atom is 0.322 e. The normalized spacial score (nSPS) is 14.8. The smallest absolute Gasteiger partial charge is 0.322 e. The summed E-state index contributed by atoms with van der Waals surface area (Å²) in [4.78, 5) is 0. The first-order valence-corrected chi connectivity index (χ1v) is 18.1. The van der Waals surface area contributed by atoms with Crippen LogP contribution in [0.25, 0.3) is 0 Å². The summed E-state index contributed by atoms with van der Waals surface area (Å²) in [6.07, 6.45) is 0.105. The van der Waals surface area contributed by atoms with E-state index in [1.807, 2.05) is 52.4 Å². The van der Waals surface area contributed by atoms with Crippen LogP contribution in [0.1, 0.15) is 0 Å². The Morgan fingerprint density at radius 2 is 1.05 bits per heavy atom. The molecular formula is C10H30O5Si4. The van der Waals surface area contributed by atoms with Crippen molar-refractivity contribution >= 4 is 34.0 Å². The Balaban J connectivity index is 4.72. The van der Waals surface area contributed by atoms with Crippen LogP contribution in [0.3, 0.4) is 0 Å². The van der Waals surface area contributed by atoms with Crippen molar-refractivity contribution in [3.8, 4) is 0 Å². The van der Waals surface area contributed by atoms with Crippen molar-refractivity contribution in [3.63, 3.8) is 0 Å². The van der Waals surface area contributed by atoms with E-state index < -0.39 is 34.0 Å². The van der Waals surface area contributed by atoms with Crippen LogP contribution in [0.15, 0.2) is 0 Å². The van der Waals surface area contributed by atoms with Gasteiger partial charge in [0.2, 0.25) is 8.32 Å². The van der Waals surface area contributed by atoms with Crippen molar-refractivity contribution in [2.24, 2.45) is 0 Å². The maximum absolute atomic E-state index is 9.35. The fraction of sp³-hybridized carbons (Fsp3) is 1.00. The molecule has 1 N–H and O–H groups in total. The van der Waals surface area contributed by atoms with Crippen molar-refractivity contribution < 1.29 is 21.9 Å². The van der Waals surface area contributed by atoms with E-state index in [0.29, 0.717) is 0 Å². The minimum atomic E-state index is -2.30. The molecule has 0 aromatic carbocycles. The zero-order valence-corrected chi connectivity index (χ0v) is 17.8. The number of aliphatic hydroxyl groups excluding tert-OH is 1. The van der Waals surface area contributed by atoms with Gasteiger partial charge >= 0.3 is 25.7 Å². The molecule has 0 aliphatic carbocycles. The van der Waals surface area contributed by atoms with Crippen LogP contribution < -0.4 is 0 Å². The molecule has 0 atom stereocenters. The van der Waals surface area contributed by atoms with Gasteiger partial charge in [-0.3, -0.25) is 0 Å². The summed E-state index contributed by atoms with van der Waals surface area (Å²) < 4.78 is 23.8. The lowest BCUT2D eigenvalue weighted by Gasteiger charge is -2.39. The summed E-state index contributed by atoms with van der Waals surface area (Å²) in [6, 6.07) is 0. The third-order valence-corrected chi connectivity index (χ3v) is 16.2. The van der Waals surface area contributed by atoms with Gasteiger partial charge in [-0.15, -0.1) is 0 Å². The highest BCUT2D eigenvalue weighted by Gasteiger charge is 2.43. The highest BCUT2D eigenvalue weighted by Crippen LogP contribution is 2.23. The average Bonchev–Trinajstić information content (AvgIpc) is 2.12. The summed E-state index contributed by atoms with van der Waals surface area (Å²) in [6.45, 7) is 16.1. The molecule has 0 aliphatic rings. The number of hydrogen-bond donors (Lipinski definition) is 1. The second kappa shape index (κ2) is 6.62. The van der Waals surface area contributed by atoms with Crippen LogP contribution in [0.4, 0.5) is 0 Å². The Labute approximate surface area is 122 Å². The van der Waals surface area contributed by atoms with E-state index in [9.17, 15) is 5.11 Å². The van der Waals surface area contributed by atoms with E-state index in [0.717, 1.165) is 0 Å². The topological polar surface area (TPSA) is 57.2 Å². The molecule has 0 radical (unpaired) electrons. The highest BCUT2D eigenvalue weighted by molar-refractivity contribution is 6.88. The Bertz CT molecular complexity index is 266. The number of rotatable bonds is 8. The Morgan fingerprint density at radius 1 is 0.684 bits per heavy atom. The van der Waals surface area contributed by atoms with Gasteiger partial charge in [0.15, 0.2) is 0 Å². The van der Waals surface area contributed by atoms with Crippen LogP contribution in [-0.4, -0.2) is 52.4 Å². The van der Waals surface area contributed by atoms with Crippen LogP contribution in [0, 0.1) is 0 Å². The van der Waals surface area contributed by atoms with Gasteiger partial charge in [0.1, 0.15) is 0 Å². The van der Waals surface area contributed by atoms with E-state index in [1.54, 1.807) is 7.11 Å². The monoisotopic (exact) mass is 342 g/mol. The molecule has 0 rings (SSSR count). The summed E-state index contributed by atoms with van der Waals surface area (Å²) >= 11 is 0. The molecule has 0 aliphatic heterocycles. The quantitative estimate of drug-likeness (QED) is 0.687. The minimum absolute atomic E-state index is 0.105. The largest absolute Gasteiger partial charge is 0.435 e. The predicted octanol–water partition coefficient (Wildman–Crippen LogP) is 2.52. The first-order valence-electron chi connectivity index (χ1n) is 6.51. The van der Waals surface area contributed by atoms with Crippen LogP contribution in [0.5, 0.6) is 0 Å². The summed E-state index contributed by atoms with van der Waals surface area (Å²) in [5.74, 6) is 0. The van der Waals surface area contributed by atoms with E-state index in [4.69, 9.17) is 16.8 Å². The van der Waals surface area contributed by atoms with E-state index in [-0.39, 0.29) is 6.23 Å². The van der Waals surface area contributed by atoms with Crippen LogP contribution >= 0.6 is 0 Å². The fourth-order valence-electron chi connectivity index (χ4n) is 1.96. The first-order chi connectivity index (χ1) is 8.24. The zero-order valence-electron chi connectivity index (χ0n) is 13.8. The van der Waals surface area contributed by atoms with Crippen molar-refractivity contribution in [1.29, 1.82) is 0 Å². The maximum atomic E-state index is 9.35. The molecule has 0 unspecified atom stereocenters. The van der Waals surface area contributed by atoms with Gasteiger partial charge in [0.05, 0.1) is 6.23 Å². The number of aliphatic hydroxyl groups is 1. The molecule has 0 aromatic heterocycles. The van der Waals surface area contributed by atoms with Gasteiger partial charge in [0.25, 0.3) is 0 Å². The third kappa shape index (κ3) is 8.52. The zero-order chi connectivity index (χ0) is 15.5. The molecule has 9 heteroatoms. The molecule has 0 aromatic rings. The Kier molecular flexibility index (Phi) is 6.85. The molecule has 0 fully saturated rings. The van der Waals surface area contributed by atoms with Crippen molar-refractivity contribution in [2.45, 2.75) is 52.4 Å². The van der Waals surface area contributed by atoms with Crippen molar-refractivity contribution in [2.75, 3.05) is 13.3 Å². The van der Waals surface area contributed by atoms with Crippen molar-refractivity contribution in [1.82, 2.24) is 0 Å². The molecule has 0 saturated carbocycles. The highest BCUT2D eigenvalue weighted by atomic mass is 28.5. The summed E-state index contributed by atoms with van der Waals surface area (Å²) in [7, 11) is -7.07. The second-order valence-electron chi connectivity index (χ2n) is 6.63. The third-order valence-electron chi connectivity index (χ3n) is 2.38. The SMILES string of the molecule is CO[Si](C)(C)O[Si](C)(C)O[Si](C)(C)O[Si](C)(C)CO. The molecule has 0 amide bonds. The molecule has 5 nitrogen and oxygen atoms in total. The Morgan fingerprint density at radius 3 is 1.42 bits per heavy atom. The molecule has 0 saturated heterocycles. The van der Waals surface area contributed by atoms with Crippen LogP contribution in [-0.2, 0) is 16.8 Å². The number of hydrogen-bond acceptors (Lipinski definition) is 5. The lowest BCUT2D eigenvalue weighted by molar-refractivity contribution is 0.261. The molecule has 116 valence electrons. The second-order valence-corrected chi connectivity index (χ2v) is 21.7. The minimum Gasteiger partial charge on any atom is -0.435 e. The van der Waals surface area contributed by atoms with Gasteiger partial charge < -0.3 is 21.9 Å². The van der Waals surface area contributed by atoms with Gasteiger partial charge in [-0.1, -0.05) is 0 Å². The van der Waals surface area contributed by atoms with Gasteiger partial charge in [-0.2, -0.15) is 0 Å². The van der Waals surface area contributed by atoms with Gasteiger partial charge in [-0.05, 0) is 52.4 Å². The van der Waals surface area contributed by atoms with E-state index in [2.05, 4.69) is 0 Å². The standard InChI is InChI=1S/C10H30O5Si4/c1-12-17(4,5)14-19(8,9)15-18(6,7)13-16(2,3)10-11/h11H,10H2,1-9H3.